The van der Waals surface area contributed by atoms with Gasteiger partial charge < -0.3 is 15.2 Å². The Kier molecular flexibility index (Phi) is 8.10. The molecule has 1 aromatic rings. The largest absolute Gasteiger partial charge is 0.493 e. The Morgan fingerprint density at radius 1 is 1.26 bits per heavy atom. The normalized spacial score (nSPS) is 12.4. The first kappa shape index (κ1) is 16.5. The zero-order valence-corrected chi connectivity index (χ0v) is 13.4. The van der Waals surface area contributed by atoms with Crippen LogP contribution in [-0.4, -0.2) is 25.4 Å². The van der Waals surface area contributed by atoms with Crippen molar-refractivity contribution in [2.75, 3.05) is 20.3 Å². The van der Waals surface area contributed by atoms with Gasteiger partial charge in [-0.1, -0.05) is 22.4 Å². The number of halogens is 1. The molecule has 2 N–H and O–H groups in total. The average molecular weight is 330 g/mol. The topological polar surface area (TPSA) is 41.5 Å². The molecule has 1 unspecified atom stereocenters. The fourth-order valence-corrected chi connectivity index (χ4v) is 2.27. The van der Waals surface area contributed by atoms with Crippen LogP contribution in [0.25, 0.3) is 0 Å². The van der Waals surface area contributed by atoms with E-state index >= 15 is 0 Å². The summed E-state index contributed by atoms with van der Waals surface area (Å²) in [7, 11) is 1.95. The molecule has 0 aromatic heterocycles. The van der Waals surface area contributed by atoms with E-state index in [9.17, 15) is 0 Å². The summed E-state index contributed by atoms with van der Waals surface area (Å²) in [6.07, 6.45) is 4.09. The highest BCUT2D eigenvalue weighted by Crippen LogP contribution is 2.28. The summed E-state index contributed by atoms with van der Waals surface area (Å²) in [6, 6.07) is 6.39. The standard InChI is InChI=1S/C15H24BrNO2/c1-12(17-2)14-11-13(16)7-8-15(14)19-10-6-4-3-5-9-18/h7-8,11-12,17-18H,3-6,9-10H2,1-2H3. The van der Waals surface area contributed by atoms with Gasteiger partial charge in [0.1, 0.15) is 5.75 Å². The predicted molar refractivity (Wildman–Crippen MR) is 82.7 cm³/mol. The van der Waals surface area contributed by atoms with Gasteiger partial charge in [-0.15, -0.1) is 0 Å². The Balaban J connectivity index is 2.48. The van der Waals surface area contributed by atoms with E-state index in [1.807, 2.05) is 19.2 Å². The highest BCUT2D eigenvalue weighted by Gasteiger charge is 2.10. The number of hydrogen-bond donors (Lipinski definition) is 2. The molecule has 3 nitrogen and oxygen atoms in total. The third-order valence-corrected chi connectivity index (χ3v) is 3.67. The molecule has 1 rings (SSSR count). The van der Waals surface area contributed by atoms with E-state index in [2.05, 4.69) is 34.2 Å². The summed E-state index contributed by atoms with van der Waals surface area (Å²) < 4.78 is 6.94. The van der Waals surface area contributed by atoms with Crippen molar-refractivity contribution in [3.8, 4) is 5.75 Å². The molecule has 0 spiro atoms. The lowest BCUT2D eigenvalue weighted by atomic mass is 10.1. The van der Waals surface area contributed by atoms with Gasteiger partial charge in [0.25, 0.3) is 0 Å². The SMILES string of the molecule is CNC(C)c1cc(Br)ccc1OCCCCCCO. The fraction of sp³-hybridized carbons (Fsp3) is 0.600. The van der Waals surface area contributed by atoms with Gasteiger partial charge in [-0.05, 0) is 51.4 Å². The van der Waals surface area contributed by atoms with Crippen LogP contribution >= 0.6 is 15.9 Å². The summed E-state index contributed by atoms with van der Waals surface area (Å²) in [5.74, 6) is 0.951. The van der Waals surface area contributed by atoms with Crippen LogP contribution in [0.15, 0.2) is 22.7 Å². The Hall–Kier alpha value is -0.580. The van der Waals surface area contributed by atoms with Gasteiger partial charge in [0, 0.05) is 22.7 Å². The Bertz CT molecular complexity index is 371. The molecular formula is C15H24BrNO2. The molecule has 0 aliphatic rings. The first-order valence-corrected chi connectivity index (χ1v) is 7.68. The maximum absolute atomic E-state index is 8.71. The lowest BCUT2D eigenvalue weighted by Gasteiger charge is -2.17. The molecule has 0 aliphatic carbocycles. The van der Waals surface area contributed by atoms with Gasteiger partial charge >= 0.3 is 0 Å². The van der Waals surface area contributed by atoms with Gasteiger partial charge in [-0.25, -0.2) is 0 Å². The van der Waals surface area contributed by atoms with Crippen molar-refractivity contribution in [3.63, 3.8) is 0 Å². The van der Waals surface area contributed by atoms with Gasteiger partial charge in [0.05, 0.1) is 6.61 Å². The molecule has 0 saturated heterocycles. The molecule has 0 bridgehead atoms. The number of hydrogen-bond acceptors (Lipinski definition) is 3. The molecule has 4 heteroatoms. The highest BCUT2D eigenvalue weighted by atomic mass is 79.9. The van der Waals surface area contributed by atoms with Crippen LogP contribution in [0.2, 0.25) is 0 Å². The molecule has 0 radical (unpaired) electrons. The van der Waals surface area contributed by atoms with Gasteiger partial charge in [-0.3, -0.25) is 0 Å². The van der Waals surface area contributed by atoms with Crippen LogP contribution in [0, 0.1) is 0 Å². The lowest BCUT2D eigenvalue weighted by molar-refractivity contribution is 0.272. The third kappa shape index (κ3) is 5.93. The zero-order valence-electron chi connectivity index (χ0n) is 11.8. The smallest absolute Gasteiger partial charge is 0.124 e. The molecule has 19 heavy (non-hydrogen) atoms. The maximum atomic E-state index is 8.71. The second kappa shape index (κ2) is 9.34. The summed E-state index contributed by atoms with van der Waals surface area (Å²) in [4.78, 5) is 0. The molecule has 0 amide bonds. The number of nitrogens with one attached hydrogen (secondary N) is 1. The molecule has 0 aliphatic heterocycles. The number of unbranched alkanes of at least 4 members (excludes halogenated alkanes) is 3. The van der Waals surface area contributed by atoms with E-state index in [0.29, 0.717) is 0 Å². The maximum Gasteiger partial charge on any atom is 0.124 e. The quantitative estimate of drug-likeness (QED) is 0.679. The van der Waals surface area contributed by atoms with Crippen molar-refractivity contribution in [2.24, 2.45) is 0 Å². The Labute approximate surface area is 124 Å². The first-order chi connectivity index (χ1) is 9.19. The van der Waals surface area contributed by atoms with Crippen molar-refractivity contribution in [1.82, 2.24) is 5.32 Å². The van der Waals surface area contributed by atoms with Gasteiger partial charge in [0.2, 0.25) is 0 Å². The second-order valence-electron chi connectivity index (χ2n) is 4.68. The fourth-order valence-electron chi connectivity index (χ4n) is 1.89. The van der Waals surface area contributed by atoms with Crippen LogP contribution < -0.4 is 10.1 Å². The second-order valence-corrected chi connectivity index (χ2v) is 5.59. The van der Waals surface area contributed by atoms with Gasteiger partial charge in [-0.2, -0.15) is 0 Å². The molecular weight excluding hydrogens is 306 g/mol. The molecule has 108 valence electrons. The van der Waals surface area contributed by atoms with Crippen LogP contribution in [0.1, 0.15) is 44.2 Å². The molecule has 1 atom stereocenters. The Morgan fingerprint density at radius 2 is 2.00 bits per heavy atom. The molecule has 0 heterocycles. The van der Waals surface area contributed by atoms with E-state index in [1.165, 1.54) is 5.56 Å². The minimum atomic E-state index is 0.266. The van der Waals surface area contributed by atoms with E-state index in [0.717, 1.165) is 42.5 Å². The molecule has 1 aromatic carbocycles. The van der Waals surface area contributed by atoms with Crippen molar-refractivity contribution >= 4 is 15.9 Å². The van der Waals surface area contributed by atoms with Crippen molar-refractivity contribution in [3.05, 3.63) is 28.2 Å². The Morgan fingerprint density at radius 3 is 2.68 bits per heavy atom. The number of ether oxygens (including phenoxy) is 1. The number of benzene rings is 1. The van der Waals surface area contributed by atoms with E-state index in [1.54, 1.807) is 0 Å². The summed E-state index contributed by atoms with van der Waals surface area (Å²) in [5.41, 5.74) is 1.17. The number of rotatable bonds is 9. The number of aliphatic hydroxyl groups excluding tert-OH is 1. The van der Waals surface area contributed by atoms with Crippen LogP contribution in [0.5, 0.6) is 5.75 Å². The summed E-state index contributed by atoms with van der Waals surface area (Å²) >= 11 is 3.50. The van der Waals surface area contributed by atoms with E-state index in [4.69, 9.17) is 9.84 Å². The minimum absolute atomic E-state index is 0.266. The zero-order chi connectivity index (χ0) is 14.1. The average Bonchev–Trinajstić information content (AvgIpc) is 2.43. The summed E-state index contributed by atoms with van der Waals surface area (Å²) in [6.45, 7) is 3.14. The predicted octanol–water partition coefficient (Wildman–Crippen LogP) is 3.66. The van der Waals surface area contributed by atoms with Crippen molar-refractivity contribution < 1.29 is 9.84 Å². The van der Waals surface area contributed by atoms with Crippen molar-refractivity contribution in [1.29, 1.82) is 0 Å². The van der Waals surface area contributed by atoms with Crippen LogP contribution in [-0.2, 0) is 0 Å². The molecule has 0 saturated carbocycles. The lowest BCUT2D eigenvalue weighted by Crippen LogP contribution is -2.14. The summed E-state index contributed by atoms with van der Waals surface area (Å²) in [5, 5.41) is 11.9. The van der Waals surface area contributed by atoms with Crippen molar-refractivity contribution in [2.45, 2.75) is 38.6 Å². The molecule has 0 fully saturated rings. The third-order valence-electron chi connectivity index (χ3n) is 3.18. The van der Waals surface area contributed by atoms with Crippen LogP contribution in [0.4, 0.5) is 0 Å². The monoisotopic (exact) mass is 329 g/mol. The van der Waals surface area contributed by atoms with Crippen LogP contribution in [0.3, 0.4) is 0 Å². The minimum Gasteiger partial charge on any atom is -0.493 e. The number of aliphatic hydroxyl groups is 1. The highest BCUT2D eigenvalue weighted by molar-refractivity contribution is 9.10. The van der Waals surface area contributed by atoms with E-state index < -0.39 is 0 Å². The van der Waals surface area contributed by atoms with Gasteiger partial charge in [0.15, 0.2) is 0 Å². The van der Waals surface area contributed by atoms with E-state index in [-0.39, 0.29) is 12.6 Å². The first-order valence-electron chi connectivity index (χ1n) is 6.89.